The molecule has 1 atom stereocenters. The van der Waals surface area contributed by atoms with Gasteiger partial charge in [0.2, 0.25) is 0 Å². The number of phenols is 1. The molecule has 1 aliphatic rings. The first-order chi connectivity index (χ1) is 9.22. The smallest absolute Gasteiger partial charge is 0.123 e. The van der Waals surface area contributed by atoms with Crippen molar-refractivity contribution < 1.29 is 9.50 Å². The third kappa shape index (κ3) is 5.62. The van der Waals surface area contributed by atoms with Gasteiger partial charge in [-0.1, -0.05) is 19.8 Å². The maximum Gasteiger partial charge on any atom is 0.123 e. The van der Waals surface area contributed by atoms with E-state index in [9.17, 15) is 9.50 Å². The molecular formula is C15H25Cl2FN2O. The van der Waals surface area contributed by atoms with Crippen molar-refractivity contribution in [3.05, 3.63) is 29.6 Å². The number of nitrogens with one attached hydrogen (secondary N) is 1. The predicted molar refractivity (Wildman–Crippen MR) is 89.3 cm³/mol. The highest BCUT2D eigenvalue weighted by Crippen LogP contribution is 2.33. The first-order valence-corrected chi connectivity index (χ1v) is 7.15. The van der Waals surface area contributed by atoms with Gasteiger partial charge in [-0.3, -0.25) is 4.90 Å². The molecule has 1 saturated heterocycles. The van der Waals surface area contributed by atoms with Crippen LogP contribution in [-0.2, 0) is 0 Å². The lowest BCUT2D eigenvalue weighted by Gasteiger charge is -2.35. The Morgan fingerprint density at radius 2 is 1.95 bits per heavy atom. The topological polar surface area (TPSA) is 35.5 Å². The molecule has 6 heteroatoms. The lowest BCUT2D eigenvalue weighted by atomic mass is 9.97. The number of hydrogen-bond acceptors (Lipinski definition) is 3. The molecule has 0 aromatic heterocycles. The highest BCUT2D eigenvalue weighted by Gasteiger charge is 2.24. The maximum absolute atomic E-state index is 13.5. The van der Waals surface area contributed by atoms with E-state index in [0.717, 1.165) is 51.0 Å². The molecule has 1 aromatic rings. The van der Waals surface area contributed by atoms with E-state index in [2.05, 4.69) is 17.1 Å². The molecule has 0 bridgehead atoms. The van der Waals surface area contributed by atoms with Crippen molar-refractivity contribution in [1.82, 2.24) is 10.2 Å². The van der Waals surface area contributed by atoms with Gasteiger partial charge in [0.25, 0.3) is 0 Å². The van der Waals surface area contributed by atoms with Gasteiger partial charge in [-0.05, 0) is 24.6 Å². The lowest BCUT2D eigenvalue weighted by Crippen LogP contribution is -2.45. The molecule has 0 saturated carbocycles. The molecule has 1 aliphatic heterocycles. The molecular weight excluding hydrogens is 314 g/mol. The number of halogens is 3. The molecule has 0 radical (unpaired) electrons. The Balaban J connectivity index is 0.00000200. The van der Waals surface area contributed by atoms with E-state index in [4.69, 9.17) is 0 Å². The quantitative estimate of drug-likeness (QED) is 0.862. The minimum absolute atomic E-state index is 0. The number of nitrogens with zero attached hydrogens (tertiary/aromatic N) is 1. The van der Waals surface area contributed by atoms with Gasteiger partial charge in [0.05, 0.1) is 0 Å². The lowest BCUT2D eigenvalue weighted by molar-refractivity contribution is 0.160. The van der Waals surface area contributed by atoms with Crippen LogP contribution >= 0.6 is 24.8 Å². The molecule has 2 rings (SSSR count). The Bertz CT molecular complexity index is 415. The van der Waals surface area contributed by atoms with Gasteiger partial charge in [-0.25, -0.2) is 4.39 Å². The number of rotatable bonds is 5. The summed E-state index contributed by atoms with van der Waals surface area (Å²) >= 11 is 0. The van der Waals surface area contributed by atoms with Gasteiger partial charge in [0.1, 0.15) is 11.6 Å². The van der Waals surface area contributed by atoms with Crippen molar-refractivity contribution in [3.8, 4) is 5.75 Å². The second kappa shape index (κ2) is 10.2. The number of unbranched alkanes of at least 4 members (excludes halogenated alkanes) is 1. The zero-order valence-electron chi connectivity index (χ0n) is 12.3. The van der Waals surface area contributed by atoms with Gasteiger partial charge in [-0.2, -0.15) is 0 Å². The van der Waals surface area contributed by atoms with Gasteiger partial charge < -0.3 is 10.4 Å². The fourth-order valence-electron chi connectivity index (χ4n) is 2.72. The second-order valence-electron chi connectivity index (χ2n) is 5.15. The van der Waals surface area contributed by atoms with Crippen LogP contribution in [0.4, 0.5) is 4.39 Å². The van der Waals surface area contributed by atoms with E-state index >= 15 is 0 Å². The fraction of sp³-hybridized carbons (Fsp3) is 0.600. The van der Waals surface area contributed by atoms with Gasteiger partial charge in [-0.15, -0.1) is 24.8 Å². The van der Waals surface area contributed by atoms with Crippen LogP contribution in [0.15, 0.2) is 18.2 Å². The summed E-state index contributed by atoms with van der Waals surface area (Å²) in [5.41, 5.74) is 0.732. The van der Waals surface area contributed by atoms with Crippen LogP contribution in [0, 0.1) is 5.82 Å². The zero-order valence-corrected chi connectivity index (χ0v) is 14.0. The van der Waals surface area contributed by atoms with Crippen LogP contribution in [0.5, 0.6) is 5.75 Å². The van der Waals surface area contributed by atoms with E-state index in [0.29, 0.717) is 0 Å². The number of piperazine rings is 1. The summed E-state index contributed by atoms with van der Waals surface area (Å²) in [5, 5.41) is 13.4. The molecule has 0 unspecified atom stereocenters. The normalized spacial score (nSPS) is 16.7. The minimum Gasteiger partial charge on any atom is -0.508 e. The van der Waals surface area contributed by atoms with Crippen LogP contribution < -0.4 is 5.32 Å². The molecule has 21 heavy (non-hydrogen) atoms. The first kappa shape index (κ1) is 20.5. The summed E-state index contributed by atoms with van der Waals surface area (Å²) in [6.45, 7) is 5.96. The SMILES string of the molecule is CCCC[C@@H](c1cc(F)ccc1O)N1CCNCC1.Cl.Cl. The summed E-state index contributed by atoms with van der Waals surface area (Å²) in [7, 11) is 0. The number of aromatic hydroxyl groups is 1. The predicted octanol–water partition coefficient (Wildman–Crippen LogP) is 3.51. The highest BCUT2D eigenvalue weighted by molar-refractivity contribution is 5.85. The monoisotopic (exact) mass is 338 g/mol. The Hall–Kier alpha value is -0.550. The van der Waals surface area contributed by atoms with Crippen molar-refractivity contribution in [1.29, 1.82) is 0 Å². The number of benzene rings is 1. The Morgan fingerprint density at radius 1 is 1.29 bits per heavy atom. The summed E-state index contributed by atoms with van der Waals surface area (Å²) < 4.78 is 13.5. The molecule has 0 spiro atoms. The molecule has 1 heterocycles. The number of hydrogen-bond donors (Lipinski definition) is 2. The number of phenolic OH excluding ortho intramolecular Hbond substituents is 1. The maximum atomic E-state index is 13.5. The van der Waals surface area contributed by atoms with Gasteiger partial charge >= 0.3 is 0 Å². The average Bonchev–Trinajstić information content (AvgIpc) is 2.44. The van der Waals surface area contributed by atoms with Crippen molar-refractivity contribution >= 4 is 24.8 Å². The standard InChI is InChI=1S/C15H23FN2O.2ClH/c1-2-3-4-14(18-9-7-17-8-10-18)13-11-12(16)5-6-15(13)19;;/h5-6,11,14,17,19H,2-4,7-10H2,1H3;2*1H/t14-;;/m0../s1. The van der Waals surface area contributed by atoms with Gasteiger partial charge in [0.15, 0.2) is 0 Å². The summed E-state index contributed by atoms with van der Waals surface area (Å²) in [6, 6.07) is 4.38. The van der Waals surface area contributed by atoms with E-state index in [1.165, 1.54) is 18.2 Å². The fourth-order valence-corrected chi connectivity index (χ4v) is 2.72. The molecule has 1 aromatic carbocycles. The van der Waals surface area contributed by atoms with Crippen molar-refractivity contribution in [3.63, 3.8) is 0 Å². The Labute approximate surface area is 138 Å². The highest BCUT2D eigenvalue weighted by atomic mass is 35.5. The summed E-state index contributed by atoms with van der Waals surface area (Å²) in [4.78, 5) is 2.35. The minimum atomic E-state index is -0.274. The summed E-state index contributed by atoms with van der Waals surface area (Å²) in [5.74, 6) is -0.0644. The van der Waals surface area contributed by atoms with E-state index in [-0.39, 0.29) is 42.4 Å². The summed E-state index contributed by atoms with van der Waals surface area (Å²) in [6.07, 6.45) is 3.16. The molecule has 0 aliphatic carbocycles. The molecule has 3 nitrogen and oxygen atoms in total. The van der Waals surface area contributed by atoms with Crippen molar-refractivity contribution in [2.75, 3.05) is 26.2 Å². The van der Waals surface area contributed by atoms with E-state index in [1.54, 1.807) is 0 Å². The van der Waals surface area contributed by atoms with E-state index < -0.39 is 0 Å². The molecule has 122 valence electrons. The average molecular weight is 339 g/mol. The Morgan fingerprint density at radius 3 is 2.57 bits per heavy atom. The molecule has 1 fully saturated rings. The van der Waals surface area contributed by atoms with Crippen LogP contribution in [0.1, 0.15) is 37.8 Å². The largest absolute Gasteiger partial charge is 0.508 e. The van der Waals surface area contributed by atoms with Crippen LogP contribution in [0.2, 0.25) is 0 Å². The van der Waals surface area contributed by atoms with Gasteiger partial charge in [0, 0.05) is 37.8 Å². The second-order valence-corrected chi connectivity index (χ2v) is 5.15. The third-order valence-electron chi connectivity index (χ3n) is 3.77. The van der Waals surface area contributed by atoms with E-state index in [1.807, 2.05) is 0 Å². The molecule has 2 N–H and O–H groups in total. The zero-order chi connectivity index (χ0) is 13.7. The third-order valence-corrected chi connectivity index (χ3v) is 3.77. The van der Waals surface area contributed by atoms with Crippen LogP contribution in [0.25, 0.3) is 0 Å². The first-order valence-electron chi connectivity index (χ1n) is 7.15. The van der Waals surface area contributed by atoms with Crippen molar-refractivity contribution in [2.24, 2.45) is 0 Å². The molecule has 0 amide bonds. The van der Waals surface area contributed by atoms with Crippen molar-refractivity contribution in [2.45, 2.75) is 32.2 Å². The van der Waals surface area contributed by atoms with Crippen LogP contribution in [0.3, 0.4) is 0 Å². The Kier molecular flexibility index (Phi) is 9.95. The van der Waals surface area contributed by atoms with Crippen LogP contribution in [-0.4, -0.2) is 36.2 Å².